The van der Waals surface area contributed by atoms with E-state index in [9.17, 15) is 13.2 Å². The number of anilines is 2. The lowest BCUT2D eigenvalue weighted by atomic mass is 10.2. The minimum Gasteiger partial charge on any atom is -0.325 e. The van der Waals surface area contributed by atoms with E-state index in [4.69, 9.17) is 0 Å². The molecule has 1 amide bonds. The van der Waals surface area contributed by atoms with Crippen molar-refractivity contribution in [2.24, 2.45) is 0 Å². The van der Waals surface area contributed by atoms with E-state index in [0.717, 1.165) is 18.1 Å². The van der Waals surface area contributed by atoms with Crippen molar-refractivity contribution in [3.05, 3.63) is 24.3 Å². The fourth-order valence-electron chi connectivity index (χ4n) is 1.98. The fourth-order valence-corrected chi connectivity index (χ4v) is 4.19. The van der Waals surface area contributed by atoms with Crippen LogP contribution in [0.1, 0.15) is 19.8 Å². The molecule has 23 heavy (non-hydrogen) atoms. The van der Waals surface area contributed by atoms with Crippen molar-refractivity contribution in [1.29, 1.82) is 0 Å². The van der Waals surface area contributed by atoms with Crippen molar-refractivity contribution in [2.45, 2.75) is 25.8 Å². The number of unbranched alkanes of at least 4 members (excludes halogenated alkanes) is 1. The summed E-state index contributed by atoms with van der Waals surface area (Å²) in [7, 11) is -3.30. The van der Waals surface area contributed by atoms with Crippen molar-refractivity contribution < 1.29 is 13.2 Å². The van der Waals surface area contributed by atoms with Crippen LogP contribution in [0.2, 0.25) is 0 Å². The maximum atomic E-state index is 11.9. The Morgan fingerprint density at radius 2 is 1.96 bits per heavy atom. The minimum absolute atomic E-state index is 0. The lowest BCUT2D eigenvalue weighted by Crippen LogP contribution is -2.37. The predicted octanol–water partition coefficient (Wildman–Crippen LogP) is 2.25. The van der Waals surface area contributed by atoms with Gasteiger partial charge in [-0.15, -0.1) is 24.2 Å². The molecule has 6 nitrogen and oxygen atoms in total. The van der Waals surface area contributed by atoms with Gasteiger partial charge in [-0.05, 0) is 30.7 Å². The number of thioether (sulfide) groups is 1. The standard InChI is InChI=1S/C14H21N3O3S2.ClH/c1-2-3-8-22(19,20)17-12-6-4-11(5-7-12)16-14(18)13-9-21-10-15-13;/h4-7,13,15,17H,2-3,8-10H2,1H3,(H,16,18);1H. The minimum atomic E-state index is -3.30. The van der Waals surface area contributed by atoms with Gasteiger partial charge < -0.3 is 5.32 Å². The molecule has 1 aromatic rings. The Bertz CT molecular complexity index is 602. The SMILES string of the molecule is CCCCS(=O)(=O)Nc1ccc(NC(=O)C2CSCN2)cc1.Cl. The van der Waals surface area contributed by atoms with Gasteiger partial charge in [0.2, 0.25) is 15.9 Å². The smallest absolute Gasteiger partial charge is 0.242 e. The Hall–Kier alpha value is -0.960. The van der Waals surface area contributed by atoms with E-state index < -0.39 is 10.0 Å². The monoisotopic (exact) mass is 379 g/mol. The van der Waals surface area contributed by atoms with Crippen LogP contribution in [-0.2, 0) is 14.8 Å². The summed E-state index contributed by atoms with van der Waals surface area (Å²) in [6, 6.07) is 6.51. The van der Waals surface area contributed by atoms with Crippen LogP contribution < -0.4 is 15.4 Å². The molecule has 1 atom stereocenters. The molecule has 1 unspecified atom stereocenters. The maximum Gasteiger partial charge on any atom is 0.242 e. The average Bonchev–Trinajstić information content (AvgIpc) is 3.01. The third-order valence-corrected chi connectivity index (χ3v) is 5.54. The topological polar surface area (TPSA) is 87.3 Å². The molecule has 2 rings (SSSR count). The van der Waals surface area contributed by atoms with Gasteiger partial charge in [0.25, 0.3) is 0 Å². The molecule has 3 N–H and O–H groups in total. The van der Waals surface area contributed by atoms with Crippen LogP contribution in [-0.4, -0.2) is 37.7 Å². The summed E-state index contributed by atoms with van der Waals surface area (Å²) in [5.41, 5.74) is 1.16. The second-order valence-electron chi connectivity index (χ2n) is 5.11. The summed E-state index contributed by atoms with van der Waals surface area (Å²) < 4.78 is 26.1. The van der Waals surface area contributed by atoms with E-state index in [-0.39, 0.29) is 30.1 Å². The quantitative estimate of drug-likeness (QED) is 0.676. The van der Waals surface area contributed by atoms with Crippen LogP contribution in [0.3, 0.4) is 0 Å². The zero-order valence-corrected chi connectivity index (χ0v) is 15.3. The van der Waals surface area contributed by atoms with Gasteiger partial charge in [-0.1, -0.05) is 13.3 Å². The molecule has 0 radical (unpaired) electrons. The first kappa shape index (κ1) is 20.1. The first-order chi connectivity index (χ1) is 10.5. The molecular formula is C14H22ClN3O3S2. The van der Waals surface area contributed by atoms with Gasteiger partial charge in [0.05, 0.1) is 11.8 Å². The highest BCUT2D eigenvalue weighted by atomic mass is 35.5. The van der Waals surface area contributed by atoms with Crippen molar-refractivity contribution in [2.75, 3.05) is 27.4 Å². The van der Waals surface area contributed by atoms with Gasteiger partial charge in [-0.3, -0.25) is 14.8 Å². The number of hydrogen-bond acceptors (Lipinski definition) is 5. The number of sulfonamides is 1. The van der Waals surface area contributed by atoms with Crippen LogP contribution in [0.25, 0.3) is 0 Å². The number of hydrogen-bond donors (Lipinski definition) is 3. The van der Waals surface area contributed by atoms with E-state index in [1.165, 1.54) is 0 Å². The van der Waals surface area contributed by atoms with Crippen molar-refractivity contribution >= 4 is 51.5 Å². The number of carbonyl (C=O) groups is 1. The highest BCUT2D eigenvalue weighted by Gasteiger charge is 2.22. The third kappa shape index (κ3) is 6.58. The summed E-state index contributed by atoms with van der Waals surface area (Å²) >= 11 is 1.69. The highest BCUT2D eigenvalue weighted by molar-refractivity contribution is 7.99. The summed E-state index contributed by atoms with van der Waals surface area (Å²) in [5, 5.41) is 5.91. The van der Waals surface area contributed by atoms with Crippen molar-refractivity contribution in [3.63, 3.8) is 0 Å². The lowest BCUT2D eigenvalue weighted by Gasteiger charge is -2.11. The molecule has 1 saturated heterocycles. The molecule has 0 aromatic heterocycles. The molecule has 0 bridgehead atoms. The molecule has 1 fully saturated rings. The fraction of sp³-hybridized carbons (Fsp3) is 0.500. The second-order valence-corrected chi connectivity index (χ2v) is 7.99. The molecule has 9 heteroatoms. The Morgan fingerprint density at radius 1 is 1.30 bits per heavy atom. The molecule has 0 aliphatic carbocycles. The Balaban J connectivity index is 0.00000264. The van der Waals surface area contributed by atoms with Crippen LogP contribution in [0.5, 0.6) is 0 Å². The van der Waals surface area contributed by atoms with Gasteiger partial charge in [0.1, 0.15) is 0 Å². The van der Waals surface area contributed by atoms with Gasteiger partial charge in [0, 0.05) is 23.0 Å². The van der Waals surface area contributed by atoms with Gasteiger partial charge in [0.15, 0.2) is 0 Å². The molecule has 0 saturated carbocycles. The molecule has 1 heterocycles. The zero-order valence-electron chi connectivity index (χ0n) is 12.9. The van der Waals surface area contributed by atoms with E-state index in [1.807, 2.05) is 6.92 Å². The van der Waals surface area contributed by atoms with E-state index in [0.29, 0.717) is 17.8 Å². The number of halogens is 1. The Kier molecular flexibility index (Phi) is 8.18. The van der Waals surface area contributed by atoms with Crippen LogP contribution in [0, 0.1) is 0 Å². The van der Waals surface area contributed by atoms with Gasteiger partial charge in [-0.2, -0.15) is 0 Å². The van der Waals surface area contributed by atoms with Crippen LogP contribution in [0.4, 0.5) is 11.4 Å². The normalized spacial score (nSPS) is 17.3. The first-order valence-corrected chi connectivity index (χ1v) is 10.0. The first-order valence-electron chi connectivity index (χ1n) is 7.23. The van der Waals surface area contributed by atoms with E-state index in [2.05, 4.69) is 15.4 Å². The summed E-state index contributed by atoms with van der Waals surface area (Å²) in [6.07, 6.45) is 1.47. The van der Waals surface area contributed by atoms with E-state index in [1.54, 1.807) is 36.0 Å². The predicted molar refractivity (Wildman–Crippen MR) is 98.9 cm³/mol. The average molecular weight is 380 g/mol. The van der Waals surface area contributed by atoms with E-state index >= 15 is 0 Å². The molecular weight excluding hydrogens is 358 g/mol. The Labute approximate surface area is 147 Å². The maximum absolute atomic E-state index is 11.9. The lowest BCUT2D eigenvalue weighted by molar-refractivity contribution is -0.117. The number of benzene rings is 1. The number of amides is 1. The zero-order chi connectivity index (χ0) is 16.0. The third-order valence-electron chi connectivity index (χ3n) is 3.23. The van der Waals surface area contributed by atoms with Crippen LogP contribution in [0.15, 0.2) is 24.3 Å². The van der Waals surface area contributed by atoms with Gasteiger partial charge >= 0.3 is 0 Å². The Morgan fingerprint density at radius 3 is 2.52 bits per heavy atom. The number of nitrogens with one attached hydrogen (secondary N) is 3. The second kappa shape index (κ2) is 9.36. The van der Waals surface area contributed by atoms with Crippen molar-refractivity contribution in [3.8, 4) is 0 Å². The largest absolute Gasteiger partial charge is 0.325 e. The molecule has 1 aliphatic heterocycles. The summed E-state index contributed by atoms with van der Waals surface area (Å²) in [6.45, 7) is 1.95. The molecule has 0 spiro atoms. The van der Waals surface area contributed by atoms with Crippen molar-refractivity contribution in [1.82, 2.24) is 5.32 Å². The summed E-state index contributed by atoms with van der Waals surface area (Å²) in [4.78, 5) is 11.9. The van der Waals surface area contributed by atoms with Gasteiger partial charge in [-0.25, -0.2) is 8.42 Å². The highest BCUT2D eigenvalue weighted by Crippen LogP contribution is 2.17. The molecule has 130 valence electrons. The van der Waals surface area contributed by atoms with Crippen LogP contribution >= 0.6 is 24.2 Å². The number of rotatable bonds is 7. The summed E-state index contributed by atoms with van der Waals surface area (Å²) in [5.74, 6) is 1.60. The molecule has 1 aromatic carbocycles. The molecule has 1 aliphatic rings. The number of carbonyl (C=O) groups excluding carboxylic acids is 1.